The summed E-state index contributed by atoms with van der Waals surface area (Å²) in [6.07, 6.45) is 4.12. The molecule has 0 aliphatic carbocycles. The van der Waals surface area contributed by atoms with Gasteiger partial charge in [0.25, 0.3) is 0 Å². The van der Waals surface area contributed by atoms with Crippen LogP contribution in [0.25, 0.3) is 11.1 Å². The van der Waals surface area contributed by atoms with Crippen LogP contribution in [-0.4, -0.2) is 49.1 Å². The van der Waals surface area contributed by atoms with Gasteiger partial charge in [-0.15, -0.1) is 0 Å². The van der Waals surface area contributed by atoms with E-state index >= 15 is 0 Å². The van der Waals surface area contributed by atoms with Gasteiger partial charge in [-0.05, 0) is 67.6 Å². The van der Waals surface area contributed by atoms with Crippen LogP contribution < -0.4 is 16.0 Å². The zero-order valence-electron chi connectivity index (χ0n) is 20.8. The summed E-state index contributed by atoms with van der Waals surface area (Å²) in [5, 5.41) is 9.04. The monoisotopic (exact) mass is 484 g/mol. The fraction of sp³-hybridized carbons (Fsp3) is 0.333. The van der Waals surface area contributed by atoms with E-state index < -0.39 is 0 Å². The Hall–Kier alpha value is -3.64. The molecular formula is C30H36N4O2. The van der Waals surface area contributed by atoms with Crippen LogP contribution in [0.3, 0.4) is 0 Å². The number of rotatable bonds is 11. The van der Waals surface area contributed by atoms with E-state index in [4.69, 9.17) is 0 Å². The summed E-state index contributed by atoms with van der Waals surface area (Å²) in [6, 6.07) is 27.6. The third-order valence-electron chi connectivity index (χ3n) is 6.58. The molecule has 3 amide bonds. The summed E-state index contributed by atoms with van der Waals surface area (Å²) in [6.45, 7) is 3.84. The van der Waals surface area contributed by atoms with Gasteiger partial charge in [-0.2, -0.15) is 0 Å². The second kappa shape index (κ2) is 13.4. The first-order valence-electron chi connectivity index (χ1n) is 12.9. The standard InChI is InChI=1S/C30H36N4O2/c35-29(31-19-22-34-20-7-8-21-34)18-17-28(23-24-9-3-1-4-10-24)33-30(36)32-27-15-13-26(14-16-27)25-11-5-2-6-12-25/h1-6,9-16,28H,7-8,17-23H2,(H,31,35)(H2,32,33,36)/t28-/m1/s1. The zero-order chi connectivity index (χ0) is 25.0. The van der Waals surface area contributed by atoms with Crippen LogP contribution in [0.4, 0.5) is 10.5 Å². The van der Waals surface area contributed by atoms with Gasteiger partial charge in [-0.1, -0.05) is 72.8 Å². The van der Waals surface area contributed by atoms with E-state index in [0.29, 0.717) is 25.8 Å². The average molecular weight is 485 g/mol. The normalized spacial score (nSPS) is 14.2. The Bertz CT molecular complexity index is 1080. The number of nitrogens with zero attached hydrogens (tertiary/aromatic N) is 1. The van der Waals surface area contributed by atoms with Gasteiger partial charge in [0, 0.05) is 31.2 Å². The maximum absolute atomic E-state index is 12.8. The van der Waals surface area contributed by atoms with E-state index in [2.05, 4.69) is 33.0 Å². The van der Waals surface area contributed by atoms with E-state index in [1.54, 1.807) is 0 Å². The molecule has 1 heterocycles. The van der Waals surface area contributed by atoms with Crippen molar-refractivity contribution in [2.75, 3.05) is 31.5 Å². The highest BCUT2D eigenvalue weighted by atomic mass is 16.2. The second-order valence-electron chi connectivity index (χ2n) is 9.37. The van der Waals surface area contributed by atoms with Crippen molar-refractivity contribution in [2.45, 2.75) is 38.1 Å². The van der Waals surface area contributed by atoms with E-state index in [9.17, 15) is 9.59 Å². The number of urea groups is 1. The summed E-state index contributed by atoms with van der Waals surface area (Å²) in [5.74, 6) is 0.0333. The highest BCUT2D eigenvalue weighted by Crippen LogP contribution is 2.21. The maximum Gasteiger partial charge on any atom is 0.319 e. The van der Waals surface area contributed by atoms with E-state index in [1.807, 2.05) is 72.8 Å². The first-order chi connectivity index (χ1) is 17.7. The molecule has 0 saturated carbocycles. The molecule has 1 atom stereocenters. The van der Waals surface area contributed by atoms with Crippen LogP contribution >= 0.6 is 0 Å². The molecule has 1 fully saturated rings. The third-order valence-corrected chi connectivity index (χ3v) is 6.58. The lowest BCUT2D eigenvalue weighted by Crippen LogP contribution is -2.40. The van der Waals surface area contributed by atoms with Gasteiger partial charge < -0.3 is 20.9 Å². The molecule has 1 aliphatic rings. The Balaban J connectivity index is 1.28. The topological polar surface area (TPSA) is 73.5 Å². The number of carbonyl (C=O) groups excluding carboxylic acids is 2. The molecule has 36 heavy (non-hydrogen) atoms. The van der Waals surface area contributed by atoms with Crippen molar-refractivity contribution >= 4 is 17.6 Å². The number of carbonyl (C=O) groups is 2. The minimum Gasteiger partial charge on any atom is -0.355 e. The molecule has 3 aromatic carbocycles. The molecule has 0 bridgehead atoms. The minimum absolute atomic E-state index is 0.0333. The molecule has 0 spiro atoms. The smallest absolute Gasteiger partial charge is 0.319 e. The largest absolute Gasteiger partial charge is 0.355 e. The lowest BCUT2D eigenvalue weighted by molar-refractivity contribution is -0.121. The van der Waals surface area contributed by atoms with Crippen molar-refractivity contribution in [2.24, 2.45) is 0 Å². The molecule has 188 valence electrons. The molecule has 6 nitrogen and oxygen atoms in total. The lowest BCUT2D eigenvalue weighted by Gasteiger charge is -2.20. The van der Waals surface area contributed by atoms with Gasteiger partial charge in [-0.3, -0.25) is 4.79 Å². The minimum atomic E-state index is -0.266. The van der Waals surface area contributed by atoms with E-state index in [1.165, 1.54) is 12.8 Å². The first kappa shape index (κ1) is 25.5. The quantitative estimate of drug-likeness (QED) is 0.355. The van der Waals surface area contributed by atoms with Crippen molar-refractivity contribution in [1.82, 2.24) is 15.5 Å². The Kier molecular flexibility index (Phi) is 9.51. The number of anilines is 1. The number of benzene rings is 3. The summed E-state index contributed by atoms with van der Waals surface area (Å²) < 4.78 is 0. The molecule has 6 heteroatoms. The Morgan fingerprint density at radius 3 is 2.14 bits per heavy atom. The summed E-state index contributed by atoms with van der Waals surface area (Å²) in [5.41, 5.74) is 4.09. The summed E-state index contributed by atoms with van der Waals surface area (Å²) in [7, 11) is 0. The van der Waals surface area contributed by atoms with Crippen molar-refractivity contribution in [3.05, 3.63) is 90.5 Å². The van der Waals surface area contributed by atoms with Gasteiger partial charge >= 0.3 is 6.03 Å². The van der Waals surface area contributed by atoms with Gasteiger partial charge in [0.1, 0.15) is 0 Å². The lowest BCUT2D eigenvalue weighted by atomic mass is 10.0. The third kappa shape index (κ3) is 8.24. The number of nitrogens with one attached hydrogen (secondary N) is 3. The highest BCUT2D eigenvalue weighted by Gasteiger charge is 2.16. The molecule has 4 rings (SSSR count). The van der Waals surface area contributed by atoms with Crippen LogP contribution in [0.15, 0.2) is 84.9 Å². The molecule has 0 unspecified atom stereocenters. The number of hydrogen-bond donors (Lipinski definition) is 3. The molecular weight excluding hydrogens is 448 g/mol. The predicted octanol–water partition coefficient (Wildman–Crippen LogP) is 5.08. The van der Waals surface area contributed by atoms with E-state index in [0.717, 1.165) is 42.0 Å². The fourth-order valence-electron chi connectivity index (χ4n) is 4.61. The average Bonchev–Trinajstić information content (AvgIpc) is 3.42. The fourth-order valence-corrected chi connectivity index (χ4v) is 4.61. The Morgan fingerprint density at radius 2 is 1.44 bits per heavy atom. The maximum atomic E-state index is 12.8. The Morgan fingerprint density at radius 1 is 0.806 bits per heavy atom. The van der Waals surface area contributed by atoms with Crippen molar-refractivity contribution in [3.8, 4) is 11.1 Å². The molecule has 3 aromatic rings. The molecule has 1 saturated heterocycles. The number of likely N-dealkylation sites (tertiary alicyclic amines) is 1. The molecule has 0 aromatic heterocycles. The number of amides is 3. The van der Waals surface area contributed by atoms with E-state index in [-0.39, 0.29) is 18.0 Å². The summed E-state index contributed by atoms with van der Waals surface area (Å²) in [4.78, 5) is 27.6. The van der Waals surface area contributed by atoms with Gasteiger partial charge in [-0.25, -0.2) is 4.79 Å². The molecule has 0 radical (unpaired) electrons. The van der Waals surface area contributed by atoms with Gasteiger partial charge in [0.05, 0.1) is 0 Å². The molecule has 1 aliphatic heterocycles. The SMILES string of the molecule is O=C(CC[C@H](Cc1ccccc1)NC(=O)Nc1ccc(-c2ccccc2)cc1)NCCN1CCCC1. The van der Waals surface area contributed by atoms with Crippen LogP contribution in [0, 0.1) is 0 Å². The predicted molar refractivity (Wildman–Crippen MR) is 146 cm³/mol. The second-order valence-corrected chi connectivity index (χ2v) is 9.37. The van der Waals surface area contributed by atoms with Gasteiger partial charge in [0.15, 0.2) is 0 Å². The van der Waals surface area contributed by atoms with Crippen LogP contribution in [0.5, 0.6) is 0 Å². The molecule has 3 N–H and O–H groups in total. The van der Waals surface area contributed by atoms with Gasteiger partial charge in [0.2, 0.25) is 5.91 Å². The van der Waals surface area contributed by atoms with Crippen molar-refractivity contribution in [3.63, 3.8) is 0 Å². The highest BCUT2D eigenvalue weighted by molar-refractivity contribution is 5.89. The van der Waals surface area contributed by atoms with Crippen molar-refractivity contribution < 1.29 is 9.59 Å². The van der Waals surface area contributed by atoms with Crippen molar-refractivity contribution in [1.29, 1.82) is 0 Å². The van der Waals surface area contributed by atoms with Crippen LogP contribution in [-0.2, 0) is 11.2 Å². The Labute approximate surface area is 214 Å². The summed E-state index contributed by atoms with van der Waals surface area (Å²) >= 11 is 0. The first-order valence-corrected chi connectivity index (χ1v) is 12.9. The van der Waals surface area contributed by atoms with Crippen LogP contribution in [0.2, 0.25) is 0 Å². The number of hydrogen-bond acceptors (Lipinski definition) is 3. The van der Waals surface area contributed by atoms with Crippen LogP contribution in [0.1, 0.15) is 31.2 Å². The zero-order valence-corrected chi connectivity index (χ0v) is 20.8.